The number of nitrogens with one attached hydrogen (secondary N) is 1. The minimum atomic E-state index is -0.586. The highest BCUT2D eigenvalue weighted by Crippen LogP contribution is 2.29. The van der Waals surface area contributed by atoms with E-state index in [1.807, 2.05) is 30.3 Å². The van der Waals surface area contributed by atoms with Gasteiger partial charge in [-0.3, -0.25) is 4.79 Å². The van der Waals surface area contributed by atoms with Gasteiger partial charge in [0.15, 0.2) is 0 Å². The molecule has 0 radical (unpaired) electrons. The van der Waals surface area contributed by atoms with Crippen LogP contribution in [0.3, 0.4) is 0 Å². The first-order valence-electron chi connectivity index (χ1n) is 6.70. The van der Waals surface area contributed by atoms with Crippen molar-refractivity contribution in [1.82, 2.24) is 0 Å². The van der Waals surface area contributed by atoms with Gasteiger partial charge in [0.2, 0.25) is 5.91 Å². The van der Waals surface area contributed by atoms with E-state index >= 15 is 0 Å². The molecule has 5 heteroatoms. The highest BCUT2D eigenvalue weighted by Gasteiger charge is 2.21. The summed E-state index contributed by atoms with van der Waals surface area (Å²) in [7, 11) is 0. The van der Waals surface area contributed by atoms with Gasteiger partial charge in [-0.05, 0) is 47.5 Å². The predicted octanol–water partition coefficient (Wildman–Crippen LogP) is 2.91. The van der Waals surface area contributed by atoms with Gasteiger partial charge in [-0.1, -0.05) is 17.7 Å². The van der Waals surface area contributed by atoms with E-state index in [-0.39, 0.29) is 0 Å². The number of fused-ring (bicyclic) bond motifs is 1. The Balaban J connectivity index is 1.87. The fourth-order valence-electron chi connectivity index (χ4n) is 2.42. The van der Waals surface area contributed by atoms with Crippen molar-refractivity contribution in [2.24, 2.45) is 5.73 Å². The predicted molar refractivity (Wildman–Crippen MR) is 82.7 cm³/mol. The molecule has 0 fully saturated rings. The van der Waals surface area contributed by atoms with Crippen molar-refractivity contribution in [3.8, 4) is 5.75 Å². The number of rotatable bonds is 4. The van der Waals surface area contributed by atoms with Crippen LogP contribution in [-0.2, 0) is 11.2 Å². The number of carbonyl (C=O) groups is 1. The fraction of sp³-hybridized carbons (Fsp3) is 0.188. The largest absolute Gasteiger partial charge is 0.493 e. The van der Waals surface area contributed by atoms with Crippen LogP contribution in [0.15, 0.2) is 42.5 Å². The Bertz CT molecular complexity index is 670. The van der Waals surface area contributed by atoms with E-state index in [1.54, 1.807) is 12.1 Å². The molecule has 1 unspecified atom stereocenters. The Morgan fingerprint density at radius 2 is 2.00 bits per heavy atom. The van der Waals surface area contributed by atoms with Gasteiger partial charge < -0.3 is 15.8 Å². The first kappa shape index (κ1) is 13.8. The Morgan fingerprint density at radius 3 is 2.71 bits per heavy atom. The third kappa shape index (κ3) is 2.95. The van der Waals surface area contributed by atoms with Gasteiger partial charge in [0, 0.05) is 17.1 Å². The van der Waals surface area contributed by atoms with Crippen molar-refractivity contribution >= 4 is 23.2 Å². The Labute approximate surface area is 127 Å². The van der Waals surface area contributed by atoms with Gasteiger partial charge in [0.1, 0.15) is 11.8 Å². The molecule has 1 aliphatic heterocycles. The van der Waals surface area contributed by atoms with E-state index < -0.39 is 11.9 Å². The molecule has 0 spiro atoms. The lowest BCUT2D eigenvalue weighted by Crippen LogP contribution is -2.27. The van der Waals surface area contributed by atoms with Crippen LogP contribution >= 0.6 is 11.6 Å². The van der Waals surface area contributed by atoms with Crippen molar-refractivity contribution < 1.29 is 9.53 Å². The Morgan fingerprint density at radius 1 is 1.24 bits per heavy atom. The fourth-order valence-corrected chi connectivity index (χ4v) is 2.54. The quantitative estimate of drug-likeness (QED) is 0.912. The van der Waals surface area contributed by atoms with Gasteiger partial charge >= 0.3 is 0 Å². The SMILES string of the molecule is NC(=O)C(Nc1ccc(Cl)cc1)c1ccc2c(c1)CCO2. The topological polar surface area (TPSA) is 64.4 Å². The lowest BCUT2D eigenvalue weighted by Gasteiger charge is -2.18. The number of amides is 1. The van der Waals surface area contributed by atoms with E-state index in [4.69, 9.17) is 22.1 Å². The number of carbonyl (C=O) groups excluding carboxylic acids is 1. The van der Waals surface area contributed by atoms with Crippen LogP contribution in [0.25, 0.3) is 0 Å². The minimum Gasteiger partial charge on any atom is -0.493 e. The highest BCUT2D eigenvalue weighted by atomic mass is 35.5. The van der Waals surface area contributed by atoms with E-state index in [0.29, 0.717) is 11.6 Å². The maximum Gasteiger partial charge on any atom is 0.244 e. The summed E-state index contributed by atoms with van der Waals surface area (Å²) < 4.78 is 5.47. The van der Waals surface area contributed by atoms with Crippen molar-refractivity contribution in [1.29, 1.82) is 0 Å². The molecule has 1 amide bonds. The Hall–Kier alpha value is -2.20. The minimum absolute atomic E-state index is 0.427. The van der Waals surface area contributed by atoms with Gasteiger partial charge in [0.25, 0.3) is 0 Å². The zero-order valence-electron chi connectivity index (χ0n) is 11.3. The number of nitrogens with two attached hydrogens (primary N) is 1. The lowest BCUT2D eigenvalue weighted by atomic mass is 10.0. The van der Waals surface area contributed by atoms with E-state index in [2.05, 4.69) is 5.32 Å². The van der Waals surface area contributed by atoms with Gasteiger partial charge in [-0.2, -0.15) is 0 Å². The third-order valence-corrected chi connectivity index (χ3v) is 3.74. The molecule has 1 atom stereocenters. The molecule has 108 valence electrons. The average Bonchev–Trinajstić information content (AvgIpc) is 2.93. The average molecular weight is 303 g/mol. The first-order chi connectivity index (χ1) is 10.1. The number of hydrogen-bond donors (Lipinski definition) is 2. The second kappa shape index (κ2) is 5.66. The van der Waals surface area contributed by atoms with Crippen LogP contribution in [-0.4, -0.2) is 12.5 Å². The molecule has 0 bridgehead atoms. The molecule has 0 saturated heterocycles. The number of ether oxygens (including phenoxy) is 1. The lowest BCUT2D eigenvalue weighted by molar-refractivity contribution is -0.118. The van der Waals surface area contributed by atoms with Crippen LogP contribution in [0.4, 0.5) is 5.69 Å². The summed E-state index contributed by atoms with van der Waals surface area (Å²) in [5.74, 6) is 0.456. The van der Waals surface area contributed by atoms with Crippen LogP contribution < -0.4 is 15.8 Å². The van der Waals surface area contributed by atoms with Gasteiger partial charge in [-0.25, -0.2) is 0 Å². The molecule has 0 saturated carbocycles. The molecule has 0 aliphatic carbocycles. The standard InChI is InChI=1S/C16H15ClN2O2/c17-12-2-4-13(5-3-12)19-15(16(18)20)11-1-6-14-10(9-11)7-8-21-14/h1-6,9,15,19H,7-8H2,(H2,18,20). The molecule has 0 aromatic heterocycles. The zero-order chi connectivity index (χ0) is 14.8. The first-order valence-corrected chi connectivity index (χ1v) is 7.08. The van der Waals surface area contributed by atoms with Crippen LogP contribution in [0.2, 0.25) is 5.02 Å². The molecule has 2 aromatic rings. The number of primary amides is 1. The summed E-state index contributed by atoms with van der Waals surface area (Å²) in [5.41, 5.74) is 8.27. The van der Waals surface area contributed by atoms with Crippen molar-refractivity contribution in [2.45, 2.75) is 12.5 Å². The van der Waals surface area contributed by atoms with Gasteiger partial charge in [0.05, 0.1) is 6.61 Å². The zero-order valence-corrected chi connectivity index (χ0v) is 12.1. The van der Waals surface area contributed by atoms with Crippen molar-refractivity contribution in [3.63, 3.8) is 0 Å². The summed E-state index contributed by atoms with van der Waals surface area (Å²) in [6, 6.07) is 12.3. The van der Waals surface area contributed by atoms with Crippen LogP contribution in [0.5, 0.6) is 5.75 Å². The number of hydrogen-bond acceptors (Lipinski definition) is 3. The molecule has 3 N–H and O–H groups in total. The summed E-state index contributed by atoms with van der Waals surface area (Å²) in [5, 5.41) is 3.78. The maximum absolute atomic E-state index is 11.8. The summed E-state index contributed by atoms with van der Waals surface area (Å²) >= 11 is 5.86. The molecular weight excluding hydrogens is 288 g/mol. The van der Waals surface area contributed by atoms with E-state index in [1.165, 1.54) is 0 Å². The summed E-state index contributed by atoms with van der Waals surface area (Å²) in [6.45, 7) is 0.685. The van der Waals surface area contributed by atoms with Gasteiger partial charge in [-0.15, -0.1) is 0 Å². The maximum atomic E-state index is 11.8. The second-order valence-corrected chi connectivity index (χ2v) is 5.39. The second-order valence-electron chi connectivity index (χ2n) is 4.95. The third-order valence-electron chi connectivity index (χ3n) is 3.49. The van der Waals surface area contributed by atoms with E-state index in [9.17, 15) is 4.79 Å². The molecular formula is C16H15ClN2O2. The van der Waals surface area contributed by atoms with Crippen molar-refractivity contribution in [2.75, 3.05) is 11.9 Å². The molecule has 1 aliphatic rings. The number of benzene rings is 2. The molecule has 4 nitrogen and oxygen atoms in total. The smallest absolute Gasteiger partial charge is 0.244 e. The normalized spacial score (nSPS) is 14.1. The van der Waals surface area contributed by atoms with Crippen molar-refractivity contribution in [3.05, 3.63) is 58.6 Å². The summed E-state index contributed by atoms with van der Waals surface area (Å²) in [6.07, 6.45) is 0.857. The monoisotopic (exact) mass is 302 g/mol. The molecule has 1 heterocycles. The summed E-state index contributed by atoms with van der Waals surface area (Å²) in [4.78, 5) is 11.8. The highest BCUT2D eigenvalue weighted by molar-refractivity contribution is 6.30. The molecule has 3 rings (SSSR count). The molecule has 21 heavy (non-hydrogen) atoms. The number of halogens is 1. The number of anilines is 1. The van der Waals surface area contributed by atoms with E-state index in [0.717, 1.165) is 29.0 Å². The van der Waals surface area contributed by atoms with Crippen LogP contribution in [0.1, 0.15) is 17.2 Å². The Kier molecular flexibility index (Phi) is 3.71. The van der Waals surface area contributed by atoms with Crippen LogP contribution in [0, 0.1) is 0 Å². The molecule has 2 aromatic carbocycles.